The molecule has 0 aliphatic rings. The first-order valence-corrected chi connectivity index (χ1v) is 21.2. The molecule has 0 bridgehead atoms. The minimum atomic E-state index is -0.884. The molecule has 0 fully saturated rings. The zero-order valence-corrected chi connectivity index (χ0v) is 37.5. The third kappa shape index (κ3) is 12.7. The summed E-state index contributed by atoms with van der Waals surface area (Å²) in [6.45, 7) is -0.833. The number of anilines is 4. The van der Waals surface area contributed by atoms with Crippen LogP contribution in [0.1, 0.15) is 11.1 Å². The topological polar surface area (TPSA) is 229 Å². The van der Waals surface area contributed by atoms with E-state index in [1.54, 1.807) is 134 Å². The van der Waals surface area contributed by atoms with Crippen molar-refractivity contribution in [2.24, 2.45) is 0 Å². The molecule has 346 valence electrons. The van der Waals surface area contributed by atoms with Crippen LogP contribution in [-0.4, -0.2) is 63.0 Å². The Balaban J connectivity index is 0.000000202. The molecule has 8 aromatic rings. The summed E-state index contributed by atoms with van der Waals surface area (Å²) in [4.78, 5) is 79.1. The van der Waals surface area contributed by atoms with Crippen molar-refractivity contribution in [3.8, 4) is 23.3 Å². The van der Waals surface area contributed by atoms with Gasteiger partial charge in [-0.15, -0.1) is 0 Å². The van der Waals surface area contributed by atoms with E-state index in [4.69, 9.17) is 32.7 Å². The molecule has 0 saturated carbocycles. The average Bonchev–Trinajstić information content (AvgIpc) is 3.35. The highest BCUT2D eigenvalue weighted by atomic mass is 35.5. The zero-order chi connectivity index (χ0) is 48.0. The summed E-state index contributed by atoms with van der Waals surface area (Å²) in [5.74, 6) is 1.37. The molecule has 0 spiro atoms. The van der Waals surface area contributed by atoms with Crippen molar-refractivity contribution in [2.45, 2.75) is 26.2 Å². The lowest BCUT2D eigenvalue weighted by Crippen LogP contribution is -2.44. The molecule has 0 aliphatic carbocycles. The Labute approximate surface area is 396 Å². The molecule has 4 aromatic heterocycles. The average molecular weight is 960 g/mol. The Hall–Kier alpha value is -8.39. The molecule has 0 radical (unpaired) electrons. The minimum absolute atomic E-state index is 0.00876. The van der Waals surface area contributed by atoms with Gasteiger partial charge in [0.05, 0.1) is 33.4 Å². The highest BCUT2D eigenvalue weighted by Crippen LogP contribution is 2.24. The van der Waals surface area contributed by atoms with E-state index < -0.39 is 35.3 Å². The normalized spacial score (nSPS) is 10.6. The number of pyridine rings is 2. The Kier molecular flexibility index (Phi) is 15.9. The Morgan fingerprint density at radius 1 is 0.574 bits per heavy atom. The largest absolute Gasteiger partial charge is 0.468 e. The van der Waals surface area contributed by atoms with E-state index >= 15 is 0 Å². The first kappa shape index (κ1) is 47.6. The third-order valence-electron chi connectivity index (χ3n) is 9.59. The lowest BCUT2D eigenvalue weighted by molar-refractivity contribution is -0.141. The molecule has 3 N–H and O–H groups in total. The van der Waals surface area contributed by atoms with Gasteiger partial charge in [0.1, 0.15) is 18.0 Å². The van der Waals surface area contributed by atoms with Crippen LogP contribution in [0.15, 0.2) is 165 Å². The minimum Gasteiger partial charge on any atom is -0.468 e. The second kappa shape index (κ2) is 22.7. The van der Waals surface area contributed by atoms with Crippen molar-refractivity contribution in [3.05, 3.63) is 209 Å². The molecule has 0 atom stereocenters. The quantitative estimate of drug-likeness (QED) is 0.0911. The second-order valence-corrected chi connectivity index (χ2v) is 15.2. The zero-order valence-electron chi connectivity index (χ0n) is 35.9. The maximum absolute atomic E-state index is 13.2. The molecule has 0 unspecified atom stereocenters. The van der Waals surface area contributed by atoms with Gasteiger partial charge in [0.15, 0.2) is 0 Å². The molecule has 0 saturated heterocycles. The molecule has 19 nitrogen and oxygen atoms in total. The Morgan fingerprint density at radius 2 is 1.00 bits per heavy atom. The molecule has 0 aliphatic heterocycles. The molecule has 8 rings (SSSR count). The number of nitrogens with one attached hydrogen (secondary N) is 2. The maximum Gasteiger partial charge on any atom is 0.355 e. The number of aromatic nitrogens is 8. The second-order valence-electron chi connectivity index (χ2n) is 14.3. The smallest absolute Gasteiger partial charge is 0.355 e. The summed E-state index contributed by atoms with van der Waals surface area (Å²) >= 11 is 11.9. The van der Waals surface area contributed by atoms with Crippen LogP contribution >= 0.6 is 23.2 Å². The fourth-order valence-corrected chi connectivity index (χ4v) is 6.48. The van der Waals surface area contributed by atoms with Crippen LogP contribution in [0.3, 0.4) is 0 Å². The van der Waals surface area contributed by atoms with Gasteiger partial charge < -0.3 is 30.0 Å². The van der Waals surface area contributed by atoms with E-state index in [0.717, 1.165) is 20.3 Å². The van der Waals surface area contributed by atoms with Crippen molar-refractivity contribution >= 4 is 52.4 Å². The molecular weight excluding hydrogens is 919 g/mol. The Bertz CT molecular complexity index is 3210. The summed E-state index contributed by atoms with van der Waals surface area (Å²) in [7, 11) is 1.17. The number of hydrogen-bond acceptors (Lipinski definition) is 15. The molecule has 4 heterocycles. The molecular formula is C47H40Cl2N10O9. The van der Waals surface area contributed by atoms with Crippen LogP contribution in [-0.2, 0) is 35.7 Å². The van der Waals surface area contributed by atoms with E-state index in [2.05, 4.69) is 35.3 Å². The van der Waals surface area contributed by atoms with Crippen LogP contribution in [0.5, 0.6) is 23.3 Å². The number of esters is 1. The predicted molar refractivity (Wildman–Crippen MR) is 254 cm³/mol. The molecule has 4 aromatic carbocycles. The number of rotatable bonds is 16. The van der Waals surface area contributed by atoms with Gasteiger partial charge in [0.25, 0.3) is 0 Å². The molecule has 21 heteroatoms. The number of carbonyl (C=O) groups excluding carboxylic acids is 1. The lowest BCUT2D eigenvalue weighted by Gasteiger charge is -2.15. The van der Waals surface area contributed by atoms with Gasteiger partial charge >= 0.3 is 28.7 Å². The Morgan fingerprint density at radius 3 is 1.40 bits per heavy atom. The first-order valence-electron chi connectivity index (χ1n) is 20.5. The fourth-order valence-electron chi connectivity index (χ4n) is 6.23. The van der Waals surface area contributed by atoms with E-state index in [1.165, 1.54) is 16.2 Å². The molecule has 68 heavy (non-hydrogen) atoms. The lowest BCUT2D eigenvalue weighted by atomic mass is 10.2. The monoisotopic (exact) mass is 958 g/mol. The first-order chi connectivity index (χ1) is 33.0. The van der Waals surface area contributed by atoms with Gasteiger partial charge in [-0.05, 0) is 96.1 Å². The summed E-state index contributed by atoms with van der Waals surface area (Å²) < 4.78 is 20.2. The van der Waals surface area contributed by atoms with E-state index in [-0.39, 0.29) is 38.1 Å². The van der Waals surface area contributed by atoms with Gasteiger partial charge in [0, 0.05) is 45.9 Å². The maximum atomic E-state index is 13.2. The summed E-state index contributed by atoms with van der Waals surface area (Å²) in [5, 5.41) is 16.4. The van der Waals surface area contributed by atoms with Gasteiger partial charge in [-0.25, -0.2) is 38.3 Å². The number of nitrogens with zero attached hydrogens (tertiary/aromatic N) is 8. The van der Waals surface area contributed by atoms with Crippen molar-refractivity contribution in [1.29, 1.82) is 0 Å². The number of hydrogen-bond donors (Lipinski definition) is 3. The van der Waals surface area contributed by atoms with Gasteiger partial charge in [-0.1, -0.05) is 59.6 Å². The predicted octanol–water partition coefficient (Wildman–Crippen LogP) is 6.24. The fraction of sp³-hybridized carbons (Fsp3) is 0.128. The standard InChI is InChI=1S/C24H20ClN5O5.C23H20ClN5O4/c1-34-21(31)15-30-23(32)28-22(29(24(30)33)14-16-5-7-17(25)8-6-16)27-18-9-11-19(12-10-18)35-20-4-2-3-13-26-20;24-17-6-4-16(5-7-17)15-29-21(27-22(31)28(13-14-30)23(29)32)26-18-8-10-19(11-9-18)33-20-3-1-2-12-25-20/h2-13H,14-15H2,1H3,(H,27,28,32);1-12,30H,13-15H2,(H,26,27,31). The van der Waals surface area contributed by atoms with Gasteiger partial charge in [-0.3, -0.25) is 13.9 Å². The van der Waals surface area contributed by atoms with E-state index in [0.29, 0.717) is 44.7 Å². The highest BCUT2D eigenvalue weighted by molar-refractivity contribution is 6.30. The van der Waals surface area contributed by atoms with Crippen LogP contribution in [0, 0.1) is 0 Å². The summed E-state index contributed by atoms with van der Waals surface area (Å²) in [6.07, 6.45) is 3.26. The number of ether oxygens (including phenoxy) is 3. The van der Waals surface area contributed by atoms with Gasteiger partial charge in [-0.2, -0.15) is 9.97 Å². The number of carbonyl (C=O) groups is 1. The van der Waals surface area contributed by atoms with Crippen molar-refractivity contribution in [2.75, 3.05) is 24.4 Å². The third-order valence-corrected chi connectivity index (χ3v) is 10.1. The van der Waals surface area contributed by atoms with Crippen LogP contribution in [0.2, 0.25) is 10.0 Å². The SMILES string of the molecule is COC(=O)Cn1c(=O)nc(Nc2ccc(Oc3ccccn3)cc2)n(Cc2ccc(Cl)cc2)c1=O.O=c1nc(Nc2ccc(Oc3ccccn3)cc2)n(Cc2ccc(Cl)cc2)c(=O)n1CCO. The van der Waals surface area contributed by atoms with E-state index in [9.17, 15) is 29.1 Å². The summed E-state index contributed by atoms with van der Waals surface area (Å²) in [5.41, 5.74) is -0.257. The highest BCUT2D eigenvalue weighted by Gasteiger charge is 2.18. The number of aliphatic hydroxyl groups excluding tert-OH is 1. The van der Waals surface area contributed by atoms with Crippen LogP contribution < -0.4 is 42.9 Å². The summed E-state index contributed by atoms with van der Waals surface area (Å²) in [6, 6.07) is 38.3. The number of halogens is 2. The number of aliphatic hydroxyl groups is 1. The van der Waals surface area contributed by atoms with Gasteiger partial charge in [0.2, 0.25) is 23.7 Å². The van der Waals surface area contributed by atoms with Crippen molar-refractivity contribution < 1.29 is 24.1 Å². The van der Waals surface area contributed by atoms with Crippen LogP contribution in [0.25, 0.3) is 0 Å². The molecule has 0 amide bonds. The van der Waals surface area contributed by atoms with Crippen molar-refractivity contribution in [3.63, 3.8) is 0 Å². The number of methoxy groups -OCH3 is 1. The van der Waals surface area contributed by atoms with E-state index in [1.807, 2.05) is 12.1 Å². The van der Waals surface area contributed by atoms with Crippen LogP contribution in [0.4, 0.5) is 23.3 Å². The number of benzene rings is 4. The van der Waals surface area contributed by atoms with Crippen molar-refractivity contribution in [1.82, 2.24) is 38.2 Å².